The van der Waals surface area contributed by atoms with E-state index in [1.165, 1.54) is 18.5 Å². The summed E-state index contributed by atoms with van der Waals surface area (Å²) in [6, 6.07) is 7.96. The molecule has 4 nitrogen and oxygen atoms in total. The summed E-state index contributed by atoms with van der Waals surface area (Å²) in [5.41, 5.74) is 2.18. The summed E-state index contributed by atoms with van der Waals surface area (Å²) in [5, 5.41) is 10.9. The first-order chi connectivity index (χ1) is 11.2. The average Bonchev–Trinajstić information content (AvgIpc) is 2.82. The van der Waals surface area contributed by atoms with Gasteiger partial charge in [-0.2, -0.15) is 0 Å². The maximum atomic E-state index is 9.90. The molecule has 4 saturated heterocycles. The van der Waals surface area contributed by atoms with Gasteiger partial charge in [0.05, 0.1) is 17.2 Å². The molecule has 1 spiro atoms. The molecular formula is C19H22N2O2. The van der Waals surface area contributed by atoms with Crippen molar-refractivity contribution in [2.24, 2.45) is 5.92 Å². The molecule has 1 aromatic carbocycles. The minimum atomic E-state index is 0.0747. The molecule has 0 aliphatic carbocycles. The largest absolute Gasteiger partial charge is 0.508 e. The zero-order chi connectivity index (χ0) is 15.6. The smallest absolute Gasteiger partial charge is 0.116 e. The normalized spacial score (nSPS) is 38.3. The molecule has 5 heterocycles. The number of rotatable bonds is 2. The Labute approximate surface area is 136 Å². The van der Waals surface area contributed by atoms with Crippen molar-refractivity contribution in [1.29, 1.82) is 0 Å². The predicted molar refractivity (Wildman–Crippen MR) is 88.3 cm³/mol. The third-order valence-electron chi connectivity index (χ3n) is 6.31. The van der Waals surface area contributed by atoms with Gasteiger partial charge >= 0.3 is 0 Å². The van der Waals surface area contributed by atoms with E-state index in [4.69, 9.17) is 4.74 Å². The standard InChI is InChI=1S/C19H22N2O2/c1-2-12-11-21-8-6-19(12)10-17(21)18(23-19)14-5-7-20-16-4-3-13(22)9-15(14)16/h3-5,7,9,12,17-18,22H,2,6,8,10-11H2,1H3/t12?,17?,18-,19?/m1/s1. The third-order valence-corrected chi connectivity index (χ3v) is 6.31. The number of piperidine rings is 3. The van der Waals surface area contributed by atoms with Crippen molar-refractivity contribution < 1.29 is 9.84 Å². The summed E-state index contributed by atoms with van der Waals surface area (Å²) in [7, 11) is 0. The Morgan fingerprint density at radius 3 is 3.17 bits per heavy atom. The first-order valence-electron chi connectivity index (χ1n) is 8.70. The first-order valence-corrected chi connectivity index (χ1v) is 8.70. The summed E-state index contributed by atoms with van der Waals surface area (Å²) in [5.74, 6) is 0.944. The van der Waals surface area contributed by atoms with Crippen LogP contribution in [0.3, 0.4) is 0 Å². The number of ether oxygens (including phenoxy) is 1. The Kier molecular flexibility index (Phi) is 2.80. The van der Waals surface area contributed by atoms with Crippen molar-refractivity contribution in [3.8, 4) is 5.75 Å². The van der Waals surface area contributed by atoms with Crippen LogP contribution in [0.1, 0.15) is 37.9 Å². The number of hydrogen-bond donors (Lipinski definition) is 1. The van der Waals surface area contributed by atoms with Crippen LogP contribution in [0.2, 0.25) is 0 Å². The lowest BCUT2D eigenvalue weighted by molar-refractivity contribution is -0.105. The highest BCUT2D eigenvalue weighted by Gasteiger charge is 2.60. The van der Waals surface area contributed by atoms with E-state index in [2.05, 4.69) is 22.9 Å². The van der Waals surface area contributed by atoms with E-state index in [9.17, 15) is 5.11 Å². The quantitative estimate of drug-likeness (QED) is 0.925. The van der Waals surface area contributed by atoms with Gasteiger partial charge in [0.2, 0.25) is 0 Å². The van der Waals surface area contributed by atoms with Crippen LogP contribution < -0.4 is 0 Å². The lowest BCUT2D eigenvalue weighted by Gasteiger charge is -2.50. The van der Waals surface area contributed by atoms with Crippen molar-refractivity contribution in [3.63, 3.8) is 0 Å². The van der Waals surface area contributed by atoms with Crippen LogP contribution in [0.4, 0.5) is 0 Å². The van der Waals surface area contributed by atoms with Gasteiger partial charge in [-0.25, -0.2) is 0 Å². The maximum absolute atomic E-state index is 9.90. The fourth-order valence-corrected chi connectivity index (χ4v) is 5.14. The number of phenolic OH excluding ortho intramolecular Hbond substituents is 1. The summed E-state index contributed by atoms with van der Waals surface area (Å²) in [4.78, 5) is 7.07. The molecule has 4 fully saturated rings. The van der Waals surface area contributed by atoms with Gasteiger partial charge in [0, 0.05) is 36.6 Å². The van der Waals surface area contributed by atoms with Gasteiger partial charge in [-0.3, -0.25) is 9.88 Å². The molecule has 0 saturated carbocycles. The number of aromatic hydroxyl groups is 1. The number of fused-ring (bicyclic) bond motifs is 3. The van der Waals surface area contributed by atoms with Crippen LogP contribution in [-0.2, 0) is 4.74 Å². The lowest BCUT2D eigenvalue weighted by Crippen LogP contribution is -2.58. The summed E-state index contributed by atoms with van der Waals surface area (Å²) in [6.07, 6.45) is 5.47. The fourth-order valence-electron chi connectivity index (χ4n) is 5.14. The van der Waals surface area contributed by atoms with Crippen molar-refractivity contribution >= 4 is 10.9 Å². The van der Waals surface area contributed by atoms with Crippen molar-refractivity contribution in [2.75, 3.05) is 13.1 Å². The molecule has 3 bridgehead atoms. The summed E-state index contributed by atoms with van der Waals surface area (Å²) < 4.78 is 6.75. The second-order valence-electron chi connectivity index (χ2n) is 7.33. The molecule has 1 N–H and O–H groups in total. The lowest BCUT2D eigenvalue weighted by atomic mass is 9.72. The number of pyridine rings is 1. The molecule has 120 valence electrons. The molecule has 6 rings (SSSR count). The molecule has 0 radical (unpaired) electrons. The highest BCUT2D eigenvalue weighted by molar-refractivity contribution is 5.84. The topological polar surface area (TPSA) is 45.6 Å². The molecule has 4 unspecified atom stereocenters. The minimum Gasteiger partial charge on any atom is -0.508 e. The molecule has 23 heavy (non-hydrogen) atoms. The minimum absolute atomic E-state index is 0.0747. The summed E-state index contributed by atoms with van der Waals surface area (Å²) >= 11 is 0. The van der Waals surface area contributed by atoms with Gasteiger partial charge in [-0.05, 0) is 49.1 Å². The zero-order valence-electron chi connectivity index (χ0n) is 13.4. The predicted octanol–water partition coefficient (Wildman–Crippen LogP) is 3.25. The number of hydrogen-bond acceptors (Lipinski definition) is 4. The van der Waals surface area contributed by atoms with Crippen LogP contribution in [0, 0.1) is 5.92 Å². The monoisotopic (exact) mass is 310 g/mol. The van der Waals surface area contributed by atoms with Crippen LogP contribution in [-0.4, -0.2) is 39.7 Å². The number of phenols is 1. The molecule has 2 aromatic rings. The maximum Gasteiger partial charge on any atom is 0.116 e. The van der Waals surface area contributed by atoms with E-state index in [-0.39, 0.29) is 11.7 Å². The van der Waals surface area contributed by atoms with Gasteiger partial charge in [-0.1, -0.05) is 6.92 Å². The van der Waals surface area contributed by atoms with Gasteiger partial charge < -0.3 is 9.84 Å². The van der Waals surface area contributed by atoms with E-state index >= 15 is 0 Å². The van der Waals surface area contributed by atoms with E-state index < -0.39 is 0 Å². The van der Waals surface area contributed by atoms with E-state index in [0.717, 1.165) is 30.3 Å². The van der Waals surface area contributed by atoms with Crippen molar-refractivity contribution in [2.45, 2.75) is 43.9 Å². The van der Waals surface area contributed by atoms with Gasteiger partial charge in [0.15, 0.2) is 0 Å². The molecular weight excluding hydrogens is 288 g/mol. The van der Waals surface area contributed by atoms with Crippen LogP contribution in [0.5, 0.6) is 5.75 Å². The molecule has 0 amide bonds. The number of aromatic nitrogens is 1. The van der Waals surface area contributed by atoms with Gasteiger partial charge in [0.1, 0.15) is 5.75 Å². The molecule has 4 aliphatic rings. The van der Waals surface area contributed by atoms with Crippen LogP contribution >= 0.6 is 0 Å². The average molecular weight is 310 g/mol. The van der Waals surface area contributed by atoms with Crippen molar-refractivity contribution in [3.05, 3.63) is 36.0 Å². The van der Waals surface area contributed by atoms with E-state index in [1.807, 2.05) is 18.3 Å². The number of benzene rings is 1. The highest BCUT2D eigenvalue weighted by Crippen LogP contribution is 2.56. The fraction of sp³-hybridized carbons (Fsp3) is 0.526. The Morgan fingerprint density at radius 2 is 2.30 bits per heavy atom. The Balaban J connectivity index is 1.63. The van der Waals surface area contributed by atoms with Gasteiger partial charge in [0.25, 0.3) is 0 Å². The van der Waals surface area contributed by atoms with Crippen LogP contribution in [0.15, 0.2) is 30.5 Å². The highest BCUT2D eigenvalue weighted by atomic mass is 16.5. The van der Waals surface area contributed by atoms with E-state index in [0.29, 0.717) is 17.7 Å². The van der Waals surface area contributed by atoms with Gasteiger partial charge in [-0.15, -0.1) is 0 Å². The van der Waals surface area contributed by atoms with E-state index in [1.54, 1.807) is 6.07 Å². The summed E-state index contributed by atoms with van der Waals surface area (Å²) in [6.45, 7) is 4.62. The number of nitrogens with zero attached hydrogens (tertiary/aromatic N) is 2. The Morgan fingerprint density at radius 1 is 1.39 bits per heavy atom. The molecule has 4 aliphatic heterocycles. The van der Waals surface area contributed by atoms with Crippen molar-refractivity contribution in [1.82, 2.24) is 9.88 Å². The second-order valence-corrected chi connectivity index (χ2v) is 7.33. The Hall–Kier alpha value is -1.65. The SMILES string of the molecule is CCC1CN2CCC13CC2[C@@H](c1ccnc2ccc(O)cc12)O3. The molecule has 5 atom stereocenters. The zero-order valence-corrected chi connectivity index (χ0v) is 13.4. The second kappa shape index (κ2) is 4.68. The molecule has 1 aromatic heterocycles. The van der Waals surface area contributed by atoms with Crippen LogP contribution in [0.25, 0.3) is 10.9 Å². The first kappa shape index (κ1) is 13.8. The molecule has 4 heteroatoms. The third kappa shape index (κ3) is 1.82. The Bertz CT molecular complexity index is 777.